The van der Waals surface area contributed by atoms with Crippen LogP contribution in [-0.4, -0.2) is 59.5 Å². The molecule has 2 atom stereocenters. The van der Waals surface area contributed by atoms with Crippen LogP contribution in [0.15, 0.2) is 54.6 Å². The second-order valence-electron chi connectivity index (χ2n) is 9.50. The molecule has 3 N–H and O–H groups in total. The molecular weight excluding hydrogens is 482 g/mol. The molecule has 11 nitrogen and oxygen atoms in total. The van der Waals surface area contributed by atoms with Crippen molar-refractivity contribution in [3.63, 3.8) is 0 Å². The highest BCUT2D eigenvalue weighted by Gasteiger charge is 2.34. The van der Waals surface area contributed by atoms with Crippen LogP contribution in [0.5, 0.6) is 0 Å². The monoisotopic (exact) mass is 513 g/mol. The summed E-state index contributed by atoms with van der Waals surface area (Å²) >= 11 is 0. The molecule has 1 amide bonds. The molecule has 2 heterocycles. The molecule has 0 saturated heterocycles. The molecule has 1 aromatic heterocycles. The molecule has 2 aromatic carbocycles. The summed E-state index contributed by atoms with van der Waals surface area (Å²) in [6.45, 7) is 4.31. The van der Waals surface area contributed by atoms with E-state index in [0.29, 0.717) is 18.8 Å². The predicted octanol–water partition coefficient (Wildman–Crippen LogP) is 1.35. The van der Waals surface area contributed by atoms with Crippen LogP contribution in [0.4, 0.5) is 5.69 Å². The van der Waals surface area contributed by atoms with Crippen LogP contribution < -0.4 is 15.4 Å². The molecule has 1 unspecified atom stereocenters. The molecule has 0 fully saturated rings. The fourth-order valence-corrected chi connectivity index (χ4v) is 4.96. The van der Waals surface area contributed by atoms with E-state index in [1.165, 1.54) is 15.4 Å². The SMILES string of the molecule is CC(C)(N)C(=O)N[C@H](COCc1ccccc1)c1nnn(CC2CN(S(C)(=O)=O)c3ccccc32)n1. The summed E-state index contributed by atoms with van der Waals surface area (Å²) in [6.07, 6.45) is 1.19. The Morgan fingerprint density at radius 2 is 1.89 bits per heavy atom. The third-order valence-corrected chi connectivity index (χ3v) is 7.03. The molecule has 192 valence electrons. The molecule has 0 spiro atoms. The Hall–Kier alpha value is -3.35. The van der Waals surface area contributed by atoms with Gasteiger partial charge in [-0.1, -0.05) is 48.5 Å². The van der Waals surface area contributed by atoms with E-state index in [1.807, 2.05) is 48.5 Å². The van der Waals surface area contributed by atoms with E-state index in [2.05, 4.69) is 20.7 Å². The van der Waals surface area contributed by atoms with Gasteiger partial charge in [-0.15, -0.1) is 10.2 Å². The lowest BCUT2D eigenvalue weighted by molar-refractivity contribution is -0.126. The average Bonchev–Trinajstić information content (AvgIpc) is 3.44. The number of fused-ring (bicyclic) bond motifs is 1. The van der Waals surface area contributed by atoms with Gasteiger partial charge in [0.15, 0.2) is 5.82 Å². The summed E-state index contributed by atoms with van der Waals surface area (Å²) in [5.74, 6) is -0.240. The summed E-state index contributed by atoms with van der Waals surface area (Å²) < 4.78 is 31.8. The normalized spacial score (nSPS) is 16.6. The van der Waals surface area contributed by atoms with Gasteiger partial charge < -0.3 is 15.8 Å². The van der Waals surface area contributed by atoms with Crippen molar-refractivity contribution in [3.05, 3.63) is 71.5 Å². The molecule has 0 bridgehead atoms. The molecule has 1 aliphatic rings. The third-order valence-electron chi connectivity index (χ3n) is 5.88. The van der Waals surface area contributed by atoms with Crippen molar-refractivity contribution in [2.24, 2.45) is 5.73 Å². The zero-order chi connectivity index (χ0) is 25.9. The van der Waals surface area contributed by atoms with Gasteiger partial charge in [0.2, 0.25) is 15.9 Å². The van der Waals surface area contributed by atoms with E-state index < -0.39 is 21.6 Å². The largest absolute Gasteiger partial charge is 0.374 e. The Kier molecular flexibility index (Phi) is 7.38. The molecule has 0 radical (unpaired) electrons. The number of nitrogens with zero attached hydrogens (tertiary/aromatic N) is 5. The van der Waals surface area contributed by atoms with Gasteiger partial charge in [0.1, 0.15) is 6.04 Å². The number of carbonyl (C=O) groups excluding carboxylic acids is 1. The topological polar surface area (TPSA) is 145 Å². The smallest absolute Gasteiger partial charge is 0.240 e. The number of hydrogen-bond donors (Lipinski definition) is 2. The Morgan fingerprint density at radius 3 is 2.58 bits per heavy atom. The molecule has 3 aromatic rings. The first kappa shape index (κ1) is 25.7. The van der Waals surface area contributed by atoms with E-state index in [9.17, 15) is 13.2 Å². The van der Waals surface area contributed by atoms with Crippen LogP contribution in [0, 0.1) is 0 Å². The van der Waals surface area contributed by atoms with E-state index in [-0.39, 0.29) is 30.8 Å². The van der Waals surface area contributed by atoms with Crippen LogP contribution in [-0.2, 0) is 32.7 Å². The number of anilines is 1. The first-order valence-corrected chi connectivity index (χ1v) is 13.4. The Balaban J connectivity index is 1.49. The Morgan fingerprint density at radius 1 is 1.19 bits per heavy atom. The van der Waals surface area contributed by atoms with Gasteiger partial charge in [-0.3, -0.25) is 9.10 Å². The minimum Gasteiger partial charge on any atom is -0.374 e. The van der Waals surface area contributed by atoms with Gasteiger partial charge in [-0.2, -0.15) is 4.80 Å². The van der Waals surface area contributed by atoms with Crippen molar-refractivity contribution in [2.75, 3.05) is 23.7 Å². The van der Waals surface area contributed by atoms with E-state index in [4.69, 9.17) is 10.5 Å². The first-order valence-electron chi connectivity index (χ1n) is 11.6. The summed E-state index contributed by atoms with van der Waals surface area (Å²) in [7, 11) is -3.42. The van der Waals surface area contributed by atoms with Crippen LogP contribution >= 0.6 is 0 Å². The lowest BCUT2D eigenvalue weighted by Gasteiger charge is -2.22. The minimum atomic E-state index is -3.42. The summed E-state index contributed by atoms with van der Waals surface area (Å²) in [5.41, 5.74) is 7.42. The van der Waals surface area contributed by atoms with Gasteiger partial charge in [0.05, 0.1) is 37.2 Å². The van der Waals surface area contributed by atoms with Crippen molar-refractivity contribution in [2.45, 2.75) is 44.5 Å². The lowest BCUT2D eigenvalue weighted by Crippen LogP contribution is -2.50. The number of nitrogens with two attached hydrogens (primary N) is 1. The molecule has 12 heteroatoms. The van der Waals surface area contributed by atoms with Crippen molar-refractivity contribution in [3.8, 4) is 0 Å². The number of amides is 1. The summed E-state index contributed by atoms with van der Waals surface area (Å²) in [4.78, 5) is 14.0. The maximum absolute atomic E-state index is 12.6. The standard InChI is InChI=1S/C24H31N7O4S/c1-24(2,25)23(32)26-20(16-35-15-17-9-5-4-6-10-17)22-27-29-31(28-22)14-18-13-30(36(3,33)34)21-12-8-7-11-19(18)21/h4-12,18,20H,13-16,25H2,1-3H3,(H,26,32)/t18?,20-/m1/s1. The van der Waals surface area contributed by atoms with Crippen LogP contribution in [0.2, 0.25) is 0 Å². The van der Waals surface area contributed by atoms with Gasteiger partial charge in [-0.05, 0) is 36.3 Å². The summed E-state index contributed by atoms with van der Waals surface area (Å²) in [6, 6.07) is 16.4. The highest BCUT2D eigenvalue weighted by Crippen LogP contribution is 2.38. The van der Waals surface area contributed by atoms with E-state index in [0.717, 1.165) is 11.1 Å². The van der Waals surface area contributed by atoms with Crippen LogP contribution in [0.25, 0.3) is 0 Å². The van der Waals surface area contributed by atoms with Crippen LogP contribution in [0.3, 0.4) is 0 Å². The maximum Gasteiger partial charge on any atom is 0.240 e. The molecule has 4 rings (SSSR count). The third kappa shape index (κ3) is 6.07. The Labute approximate surface area is 210 Å². The van der Waals surface area contributed by atoms with Crippen LogP contribution in [0.1, 0.15) is 42.8 Å². The zero-order valence-electron chi connectivity index (χ0n) is 20.5. The number of ether oxygens (including phenoxy) is 1. The molecular formula is C24H31N7O4S. The quantitative estimate of drug-likeness (QED) is 0.413. The molecule has 0 saturated carbocycles. The molecule has 0 aliphatic carbocycles. The van der Waals surface area contributed by atoms with Crippen molar-refractivity contribution in [1.29, 1.82) is 0 Å². The van der Waals surface area contributed by atoms with Gasteiger partial charge in [-0.25, -0.2) is 8.42 Å². The number of aromatic nitrogens is 4. The van der Waals surface area contributed by atoms with Crippen molar-refractivity contribution in [1.82, 2.24) is 25.5 Å². The highest BCUT2D eigenvalue weighted by molar-refractivity contribution is 7.92. The van der Waals surface area contributed by atoms with Crippen molar-refractivity contribution < 1.29 is 17.9 Å². The number of benzene rings is 2. The number of carbonyl (C=O) groups is 1. The number of sulfonamides is 1. The molecule has 1 aliphatic heterocycles. The number of para-hydroxylation sites is 1. The summed E-state index contributed by atoms with van der Waals surface area (Å²) in [5, 5.41) is 15.7. The molecule has 36 heavy (non-hydrogen) atoms. The fourth-order valence-electron chi connectivity index (χ4n) is 3.99. The fraction of sp³-hybridized carbons (Fsp3) is 0.417. The minimum absolute atomic E-state index is 0.122. The van der Waals surface area contributed by atoms with E-state index in [1.54, 1.807) is 19.9 Å². The zero-order valence-corrected chi connectivity index (χ0v) is 21.4. The number of nitrogens with one attached hydrogen (secondary N) is 1. The predicted molar refractivity (Wildman–Crippen MR) is 134 cm³/mol. The average molecular weight is 514 g/mol. The maximum atomic E-state index is 12.6. The van der Waals surface area contributed by atoms with Gasteiger partial charge in [0, 0.05) is 12.5 Å². The Bertz CT molecular complexity index is 1310. The van der Waals surface area contributed by atoms with Crippen molar-refractivity contribution >= 4 is 21.6 Å². The highest BCUT2D eigenvalue weighted by atomic mass is 32.2. The number of tetrazole rings is 1. The number of rotatable bonds is 10. The second-order valence-corrected chi connectivity index (χ2v) is 11.4. The second kappa shape index (κ2) is 10.3. The number of hydrogen-bond acceptors (Lipinski definition) is 8. The van der Waals surface area contributed by atoms with Gasteiger partial charge >= 0.3 is 0 Å². The first-order chi connectivity index (χ1) is 17.0. The van der Waals surface area contributed by atoms with E-state index >= 15 is 0 Å². The lowest BCUT2D eigenvalue weighted by atomic mass is 10.0. The van der Waals surface area contributed by atoms with Gasteiger partial charge in [0.25, 0.3) is 0 Å².